The van der Waals surface area contributed by atoms with Crippen LogP contribution < -0.4 is 15.4 Å². The van der Waals surface area contributed by atoms with E-state index < -0.39 is 21.7 Å². The Morgan fingerprint density at radius 1 is 1.14 bits per heavy atom. The lowest BCUT2D eigenvalue weighted by atomic mass is 10.3. The van der Waals surface area contributed by atoms with E-state index in [1.54, 1.807) is 18.5 Å². The smallest absolute Gasteiger partial charge is 0.319 e. The van der Waals surface area contributed by atoms with Crippen LogP contribution in [0.25, 0.3) is 0 Å². The van der Waals surface area contributed by atoms with Crippen LogP contribution in [0.15, 0.2) is 76.8 Å². The molecule has 0 atom stereocenters. The highest BCUT2D eigenvalue weighted by Crippen LogP contribution is 2.30. The van der Waals surface area contributed by atoms with Gasteiger partial charge in [-0.1, -0.05) is 6.07 Å². The molecule has 2 aromatic carbocycles. The molecule has 29 heavy (non-hydrogen) atoms. The quantitative estimate of drug-likeness (QED) is 0.602. The number of nitrogens with zero attached hydrogens (tertiary/aromatic N) is 1. The summed E-state index contributed by atoms with van der Waals surface area (Å²) in [6.07, 6.45) is 3.28. The molecule has 9 heteroatoms. The van der Waals surface area contributed by atoms with Crippen LogP contribution in [0.1, 0.15) is 5.56 Å². The number of sulfone groups is 1. The van der Waals surface area contributed by atoms with Crippen molar-refractivity contribution in [3.63, 3.8) is 0 Å². The zero-order chi connectivity index (χ0) is 20.9. The van der Waals surface area contributed by atoms with Gasteiger partial charge in [0, 0.05) is 30.7 Å². The van der Waals surface area contributed by atoms with Crippen LogP contribution in [0, 0.1) is 5.82 Å². The second-order valence-corrected chi connectivity index (χ2v) is 7.91. The topological polar surface area (TPSA) is 97.4 Å². The van der Waals surface area contributed by atoms with Crippen molar-refractivity contribution in [2.45, 2.75) is 16.3 Å². The van der Waals surface area contributed by atoms with Gasteiger partial charge in [0.2, 0.25) is 9.84 Å². The summed E-state index contributed by atoms with van der Waals surface area (Å²) in [5, 5.41) is 5.30. The normalized spacial score (nSPS) is 11.0. The van der Waals surface area contributed by atoms with E-state index in [0.29, 0.717) is 12.2 Å². The summed E-state index contributed by atoms with van der Waals surface area (Å²) in [6.45, 7) is 0.302. The van der Waals surface area contributed by atoms with Crippen molar-refractivity contribution < 1.29 is 22.3 Å². The van der Waals surface area contributed by atoms with Crippen LogP contribution in [0.2, 0.25) is 0 Å². The molecule has 0 bridgehead atoms. The maximum atomic E-state index is 13.3. The number of urea groups is 1. The van der Waals surface area contributed by atoms with Gasteiger partial charge in [0.15, 0.2) is 0 Å². The lowest BCUT2D eigenvalue weighted by Gasteiger charge is -2.11. The van der Waals surface area contributed by atoms with Crippen molar-refractivity contribution in [2.75, 3.05) is 12.4 Å². The van der Waals surface area contributed by atoms with Crippen LogP contribution in [0.4, 0.5) is 14.9 Å². The van der Waals surface area contributed by atoms with Gasteiger partial charge in [-0.2, -0.15) is 0 Å². The van der Waals surface area contributed by atoms with E-state index in [0.717, 1.165) is 23.8 Å². The Morgan fingerprint density at radius 3 is 2.55 bits per heavy atom. The van der Waals surface area contributed by atoms with Crippen molar-refractivity contribution in [2.24, 2.45) is 0 Å². The number of hydrogen-bond acceptors (Lipinski definition) is 5. The third-order valence-corrected chi connectivity index (χ3v) is 5.82. The second kappa shape index (κ2) is 8.70. The summed E-state index contributed by atoms with van der Waals surface area (Å²) in [5.74, 6) is -0.681. The molecule has 0 saturated heterocycles. The molecule has 0 unspecified atom stereocenters. The number of methoxy groups -OCH3 is 1. The zero-order valence-electron chi connectivity index (χ0n) is 15.4. The molecule has 0 spiro atoms. The second-order valence-electron chi connectivity index (χ2n) is 5.99. The molecule has 1 heterocycles. The first-order chi connectivity index (χ1) is 13.9. The molecule has 2 N–H and O–H groups in total. The Bertz CT molecular complexity index is 1100. The summed E-state index contributed by atoms with van der Waals surface area (Å²) in [4.78, 5) is 15.8. The molecule has 0 aliphatic heterocycles. The lowest BCUT2D eigenvalue weighted by molar-refractivity contribution is 0.251. The standard InChI is InChI=1S/C20H18FN3O4S/c1-28-18-11-15(21)4-9-19(18)29(26,27)17-7-5-16(6-8-17)24-20(25)23-13-14-3-2-10-22-12-14/h2-12H,13H2,1H3,(H2,23,24,25). The molecule has 150 valence electrons. The number of carbonyl (C=O) groups is 1. The minimum Gasteiger partial charge on any atom is -0.495 e. The number of aromatic nitrogens is 1. The first-order valence-corrected chi connectivity index (χ1v) is 10.0. The molecule has 0 saturated carbocycles. The van der Waals surface area contributed by atoms with Crippen molar-refractivity contribution in [3.05, 3.63) is 78.4 Å². The third-order valence-electron chi connectivity index (χ3n) is 4.01. The fraction of sp³-hybridized carbons (Fsp3) is 0.100. The highest BCUT2D eigenvalue weighted by atomic mass is 32.2. The van der Waals surface area contributed by atoms with E-state index in [9.17, 15) is 17.6 Å². The number of halogens is 1. The van der Waals surface area contributed by atoms with Gasteiger partial charge in [0.1, 0.15) is 16.5 Å². The third kappa shape index (κ3) is 4.88. The van der Waals surface area contributed by atoms with Gasteiger partial charge in [0.25, 0.3) is 0 Å². The average molecular weight is 415 g/mol. The number of carbonyl (C=O) groups excluding carboxylic acids is 1. The molecule has 0 radical (unpaired) electrons. The zero-order valence-corrected chi connectivity index (χ0v) is 16.2. The molecule has 2 amide bonds. The number of rotatable bonds is 6. The van der Waals surface area contributed by atoms with Crippen molar-refractivity contribution in [1.29, 1.82) is 0 Å². The highest BCUT2D eigenvalue weighted by Gasteiger charge is 2.22. The summed E-state index contributed by atoms with van der Waals surface area (Å²) < 4.78 is 44.0. The SMILES string of the molecule is COc1cc(F)ccc1S(=O)(=O)c1ccc(NC(=O)NCc2cccnc2)cc1. The molecule has 0 aliphatic carbocycles. The van der Waals surface area contributed by atoms with E-state index in [1.165, 1.54) is 31.4 Å². The lowest BCUT2D eigenvalue weighted by Crippen LogP contribution is -2.28. The summed E-state index contributed by atoms with van der Waals surface area (Å²) in [6, 6.07) is 12.0. The van der Waals surface area contributed by atoms with Gasteiger partial charge in [-0.15, -0.1) is 0 Å². The first-order valence-electron chi connectivity index (χ1n) is 8.52. The van der Waals surface area contributed by atoms with Crippen molar-refractivity contribution >= 4 is 21.6 Å². The number of amides is 2. The molecule has 0 fully saturated rings. The van der Waals surface area contributed by atoms with E-state index in [2.05, 4.69) is 15.6 Å². The van der Waals surface area contributed by atoms with E-state index in [4.69, 9.17) is 4.74 Å². The van der Waals surface area contributed by atoms with E-state index in [1.807, 2.05) is 6.07 Å². The van der Waals surface area contributed by atoms with Gasteiger partial charge in [-0.05, 0) is 48.0 Å². The highest BCUT2D eigenvalue weighted by molar-refractivity contribution is 7.91. The number of benzene rings is 2. The molecular weight excluding hydrogens is 397 g/mol. The van der Waals surface area contributed by atoms with E-state index in [-0.39, 0.29) is 15.5 Å². The number of nitrogens with one attached hydrogen (secondary N) is 2. The van der Waals surface area contributed by atoms with Crippen molar-refractivity contribution in [1.82, 2.24) is 10.3 Å². The Morgan fingerprint density at radius 2 is 1.90 bits per heavy atom. The Balaban J connectivity index is 1.70. The average Bonchev–Trinajstić information content (AvgIpc) is 2.73. The number of pyridine rings is 1. The molecule has 0 aliphatic rings. The molecule has 7 nitrogen and oxygen atoms in total. The van der Waals surface area contributed by atoms with Crippen LogP contribution in [-0.2, 0) is 16.4 Å². The molecule has 3 aromatic rings. The van der Waals surface area contributed by atoms with Gasteiger partial charge in [-0.3, -0.25) is 4.98 Å². The number of hydrogen-bond donors (Lipinski definition) is 2. The van der Waals surface area contributed by atoms with Crippen LogP contribution >= 0.6 is 0 Å². The Hall–Kier alpha value is -3.46. The number of ether oxygens (including phenoxy) is 1. The minimum atomic E-state index is -3.92. The van der Waals surface area contributed by atoms with Crippen LogP contribution in [0.5, 0.6) is 5.75 Å². The molecule has 3 rings (SSSR count). The summed E-state index contributed by atoms with van der Waals surface area (Å²) >= 11 is 0. The Kier molecular flexibility index (Phi) is 6.08. The summed E-state index contributed by atoms with van der Waals surface area (Å²) in [7, 11) is -2.65. The van der Waals surface area contributed by atoms with Gasteiger partial charge >= 0.3 is 6.03 Å². The fourth-order valence-electron chi connectivity index (χ4n) is 2.57. The first kappa shape index (κ1) is 20.3. The van der Waals surface area contributed by atoms with Gasteiger partial charge < -0.3 is 15.4 Å². The monoisotopic (exact) mass is 415 g/mol. The van der Waals surface area contributed by atoms with Crippen molar-refractivity contribution in [3.8, 4) is 5.75 Å². The van der Waals surface area contributed by atoms with Crippen LogP contribution in [-0.4, -0.2) is 26.5 Å². The largest absolute Gasteiger partial charge is 0.495 e. The van der Waals surface area contributed by atoms with Gasteiger partial charge in [0.05, 0.1) is 12.0 Å². The number of anilines is 1. The minimum absolute atomic E-state index is 0.0104. The van der Waals surface area contributed by atoms with Crippen LogP contribution in [0.3, 0.4) is 0 Å². The maximum Gasteiger partial charge on any atom is 0.319 e. The fourth-order valence-corrected chi connectivity index (χ4v) is 3.97. The predicted octanol–water partition coefficient (Wildman–Crippen LogP) is 3.38. The summed E-state index contributed by atoms with van der Waals surface area (Å²) in [5.41, 5.74) is 1.26. The molecule has 1 aromatic heterocycles. The van der Waals surface area contributed by atoms with E-state index >= 15 is 0 Å². The Labute approximate surface area is 167 Å². The van der Waals surface area contributed by atoms with Gasteiger partial charge in [-0.25, -0.2) is 17.6 Å². The molecular formula is C20H18FN3O4S. The maximum absolute atomic E-state index is 13.3. The predicted molar refractivity (Wildman–Crippen MR) is 105 cm³/mol.